The van der Waals surface area contributed by atoms with Crippen LogP contribution in [0.4, 0.5) is 0 Å². The maximum atomic E-state index is 12.8. The van der Waals surface area contributed by atoms with Crippen molar-refractivity contribution in [3.05, 3.63) is 71.8 Å². The molecule has 2 aromatic rings. The first-order chi connectivity index (χ1) is 15.2. The van der Waals surface area contributed by atoms with E-state index in [0.29, 0.717) is 11.5 Å². The van der Waals surface area contributed by atoms with Gasteiger partial charge in [-0.1, -0.05) is 102 Å². The average Bonchev–Trinajstić information content (AvgIpc) is 3.38. The van der Waals surface area contributed by atoms with Crippen LogP contribution in [0.15, 0.2) is 65.7 Å². The second-order valence-electron chi connectivity index (χ2n) is 6.65. The molecule has 2 aromatic carbocycles. The Morgan fingerprint density at radius 3 is 2.23 bits per heavy atom. The predicted molar refractivity (Wildman–Crippen MR) is 125 cm³/mol. The van der Waals surface area contributed by atoms with Gasteiger partial charge in [0.15, 0.2) is 12.2 Å². The van der Waals surface area contributed by atoms with Gasteiger partial charge in [-0.3, -0.25) is 9.79 Å². The molecule has 0 saturated carbocycles. The monoisotopic (exact) mass is 425 g/mol. The number of unbranched alkanes of at least 4 members (excludes halogenated alkanes) is 1. The molecule has 0 aromatic heterocycles. The summed E-state index contributed by atoms with van der Waals surface area (Å²) < 4.78 is 12.2. The van der Waals surface area contributed by atoms with E-state index in [9.17, 15) is 4.79 Å². The molecule has 2 aliphatic rings. The summed E-state index contributed by atoms with van der Waals surface area (Å²) >= 11 is 0. The first-order valence-electron chi connectivity index (χ1n) is 11.3. The average molecular weight is 426 g/mol. The second-order valence-corrected chi connectivity index (χ2v) is 6.65. The van der Waals surface area contributed by atoms with Crippen LogP contribution in [0.25, 0.3) is 0 Å². The van der Waals surface area contributed by atoms with E-state index in [-0.39, 0.29) is 5.78 Å². The number of carbonyl (C=O) groups excluding carboxylic acids is 1. The lowest BCUT2D eigenvalue weighted by Gasteiger charge is -2.26. The molecule has 0 radical (unpaired) electrons. The van der Waals surface area contributed by atoms with E-state index in [1.54, 1.807) is 12.1 Å². The highest BCUT2D eigenvalue weighted by atomic mass is 16.8. The minimum absolute atomic E-state index is 0.201. The van der Waals surface area contributed by atoms with Crippen LogP contribution in [0.1, 0.15) is 63.4 Å². The Bertz CT molecular complexity index is 826. The standard InChI is InChI=1S/C21H23N3O3.2C2H6/c1-2-3-14-22-20-23-19-21(24-20,16-12-8-5-9-13-16)27-18(26-19)17(25)15-10-6-4-7-11-15;2*1-2/h4-13,18-19H,2-3,14H2,1H3,(H2,22,23,24);2*1-2H3. The van der Waals surface area contributed by atoms with Crippen molar-refractivity contribution in [2.75, 3.05) is 6.54 Å². The molecule has 0 spiro atoms. The third-order valence-electron chi connectivity index (χ3n) is 4.75. The highest BCUT2D eigenvalue weighted by Crippen LogP contribution is 2.39. The zero-order valence-electron chi connectivity index (χ0n) is 19.2. The van der Waals surface area contributed by atoms with E-state index in [1.165, 1.54) is 0 Å². The van der Waals surface area contributed by atoms with Crippen LogP contribution in [0.3, 0.4) is 0 Å². The maximum absolute atomic E-state index is 12.8. The van der Waals surface area contributed by atoms with Crippen LogP contribution in [0.2, 0.25) is 0 Å². The van der Waals surface area contributed by atoms with Crippen molar-refractivity contribution in [3.8, 4) is 0 Å². The Morgan fingerprint density at radius 2 is 1.61 bits per heavy atom. The summed E-state index contributed by atoms with van der Waals surface area (Å²) in [5.41, 5.74) is 0.454. The van der Waals surface area contributed by atoms with Gasteiger partial charge in [0.05, 0.1) is 0 Å². The van der Waals surface area contributed by atoms with Crippen molar-refractivity contribution >= 4 is 11.7 Å². The van der Waals surface area contributed by atoms with Crippen LogP contribution >= 0.6 is 0 Å². The number of ether oxygens (including phenoxy) is 2. The Hall–Kier alpha value is -2.70. The van der Waals surface area contributed by atoms with E-state index in [1.807, 2.05) is 76.2 Å². The van der Waals surface area contributed by atoms with Gasteiger partial charge < -0.3 is 20.1 Å². The van der Waals surface area contributed by atoms with Gasteiger partial charge in [-0.25, -0.2) is 0 Å². The van der Waals surface area contributed by atoms with Gasteiger partial charge in [-0.15, -0.1) is 0 Å². The molecule has 3 unspecified atom stereocenters. The van der Waals surface area contributed by atoms with Crippen LogP contribution in [-0.2, 0) is 15.2 Å². The number of nitrogens with one attached hydrogen (secondary N) is 2. The summed E-state index contributed by atoms with van der Waals surface area (Å²) in [4.78, 5) is 17.4. The molecule has 2 aliphatic heterocycles. The highest BCUT2D eigenvalue weighted by molar-refractivity contribution is 5.99. The summed E-state index contributed by atoms with van der Waals surface area (Å²) in [6.45, 7) is 10.8. The maximum Gasteiger partial charge on any atom is 0.227 e. The molecule has 0 bridgehead atoms. The topological polar surface area (TPSA) is 72.0 Å². The number of carbonyl (C=O) groups is 1. The van der Waals surface area contributed by atoms with Crippen molar-refractivity contribution < 1.29 is 14.3 Å². The second kappa shape index (κ2) is 12.2. The Morgan fingerprint density at radius 1 is 1.00 bits per heavy atom. The highest BCUT2D eigenvalue weighted by Gasteiger charge is 2.58. The Labute approximate surface area is 186 Å². The lowest BCUT2D eigenvalue weighted by atomic mass is 10.0. The number of rotatable bonds is 6. The zero-order valence-corrected chi connectivity index (χ0v) is 19.2. The number of Topliss-reactive ketones (excluding diaryl/α,β-unsaturated/α-hetero) is 1. The van der Waals surface area contributed by atoms with Crippen molar-refractivity contribution in [1.29, 1.82) is 0 Å². The quantitative estimate of drug-likeness (QED) is 0.513. The third kappa shape index (κ3) is 5.51. The SMILES string of the molecule is CC.CC.CCCCN=C1NC2OC(C(=O)c3ccccc3)OC2(c2ccccc2)N1. The smallest absolute Gasteiger partial charge is 0.227 e. The molecule has 4 rings (SSSR count). The molecule has 2 fully saturated rings. The molecule has 2 N–H and O–H groups in total. The molecule has 0 aliphatic carbocycles. The van der Waals surface area contributed by atoms with Gasteiger partial charge in [0.25, 0.3) is 0 Å². The first-order valence-corrected chi connectivity index (χ1v) is 11.3. The largest absolute Gasteiger partial charge is 0.326 e. The third-order valence-corrected chi connectivity index (χ3v) is 4.75. The van der Waals surface area contributed by atoms with Gasteiger partial charge in [0, 0.05) is 17.7 Å². The van der Waals surface area contributed by atoms with E-state index in [2.05, 4.69) is 22.5 Å². The number of guanidine groups is 1. The van der Waals surface area contributed by atoms with Crippen molar-refractivity contribution in [3.63, 3.8) is 0 Å². The predicted octanol–water partition coefficient (Wildman–Crippen LogP) is 4.82. The van der Waals surface area contributed by atoms with Crippen molar-refractivity contribution in [2.24, 2.45) is 4.99 Å². The van der Waals surface area contributed by atoms with Gasteiger partial charge in [0.2, 0.25) is 17.8 Å². The number of hydrogen-bond donors (Lipinski definition) is 2. The van der Waals surface area contributed by atoms with Gasteiger partial charge >= 0.3 is 0 Å². The van der Waals surface area contributed by atoms with Gasteiger partial charge in [-0.2, -0.15) is 0 Å². The normalized spacial score (nSPS) is 24.6. The molecular weight excluding hydrogens is 390 g/mol. The number of nitrogens with zero attached hydrogens (tertiary/aromatic N) is 1. The Balaban J connectivity index is 0.000000807. The molecule has 3 atom stereocenters. The minimum atomic E-state index is -0.991. The first kappa shape index (κ1) is 24.6. The summed E-state index contributed by atoms with van der Waals surface area (Å²) in [6, 6.07) is 18.8. The van der Waals surface area contributed by atoms with Crippen LogP contribution in [-0.4, -0.2) is 30.8 Å². The fraction of sp³-hybridized carbons (Fsp3) is 0.440. The number of aliphatic imine (C=N–C) groups is 1. The molecular formula is C25H35N3O3. The molecule has 6 nitrogen and oxygen atoms in total. The summed E-state index contributed by atoms with van der Waals surface area (Å²) in [6.07, 6.45) is 0.546. The zero-order chi connectivity index (χ0) is 22.7. The lowest BCUT2D eigenvalue weighted by Crippen LogP contribution is -2.45. The number of fused-ring (bicyclic) bond motifs is 1. The van der Waals surface area contributed by atoms with Gasteiger partial charge in [-0.05, 0) is 6.42 Å². The molecule has 0 amide bonds. The van der Waals surface area contributed by atoms with E-state index < -0.39 is 18.2 Å². The van der Waals surface area contributed by atoms with E-state index in [4.69, 9.17) is 9.47 Å². The lowest BCUT2D eigenvalue weighted by molar-refractivity contribution is -0.0748. The van der Waals surface area contributed by atoms with Crippen molar-refractivity contribution in [1.82, 2.24) is 10.6 Å². The van der Waals surface area contributed by atoms with Crippen molar-refractivity contribution in [2.45, 2.75) is 65.7 Å². The van der Waals surface area contributed by atoms with Crippen LogP contribution < -0.4 is 10.6 Å². The van der Waals surface area contributed by atoms with Crippen LogP contribution in [0.5, 0.6) is 0 Å². The summed E-state index contributed by atoms with van der Waals surface area (Å²) in [5, 5.41) is 6.54. The number of hydrogen-bond acceptors (Lipinski definition) is 4. The molecule has 168 valence electrons. The molecule has 6 heteroatoms. The molecule has 31 heavy (non-hydrogen) atoms. The van der Waals surface area contributed by atoms with Gasteiger partial charge in [0.1, 0.15) is 0 Å². The van der Waals surface area contributed by atoms with Crippen LogP contribution in [0, 0.1) is 0 Å². The summed E-state index contributed by atoms with van der Waals surface area (Å²) in [5.74, 6) is 0.427. The number of ketones is 1. The molecule has 2 heterocycles. The number of benzene rings is 2. The fourth-order valence-electron chi connectivity index (χ4n) is 3.31. The van der Waals surface area contributed by atoms with E-state index >= 15 is 0 Å². The fourth-order valence-corrected chi connectivity index (χ4v) is 3.31. The molecule has 2 saturated heterocycles. The van der Waals surface area contributed by atoms with E-state index in [0.717, 1.165) is 24.9 Å². The minimum Gasteiger partial charge on any atom is -0.326 e. The summed E-state index contributed by atoms with van der Waals surface area (Å²) in [7, 11) is 0. The Kier molecular flexibility index (Phi) is 9.69.